The van der Waals surface area contributed by atoms with E-state index in [0.29, 0.717) is 22.9 Å². The third-order valence-corrected chi connectivity index (χ3v) is 8.04. The second-order valence-electron chi connectivity index (χ2n) is 8.48. The number of amides is 2. The van der Waals surface area contributed by atoms with Gasteiger partial charge in [-0.15, -0.1) is 0 Å². The molecule has 2 aromatic carbocycles. The predicted molar refractivity (Wildman–Crippen MR) is 126 cm³/mol. The Labute approximate surface area is 198 Å². The zero-order valence-electron chi connectivity index (χ0n) is 18.7. The van der Waals surface area contributed by atoms with E-state index in [1.54, 1.807) is 29.2 Å². The molecule has 2 aromatic rings. The zero-order valence-corrected chi connectivity index (χ0v) is 20.2. The van der Waals surface area contributed by atoms with Crippen LogP contribution in [0.5, 0.6) is 5.75 Å². The Morgan fingerprint density at radius 2 is 1.94 bits per heavy atom. The Hall–Kier alpha value is -2.62. The molecular formula is C23H26ClN3O5S. The molecule has 1 heterocycles. The van der Waals surface area contributed by atoms with Crippen LogP contribution >= 0.6 is 11.6 Å². The van der Waals surface area contributed by atoms with Gasteiger partial charge in [0.1, 0.15) is 5.75 Å². The number of nitrogens with one attached hydrogen (secondary N) is 1. The maximum Gasteiger partial charge on any atom is 0.243 e. The Bertz CT molecular complexity index is 1210. The summed E-state index contributed by atoms with van der Waals surface area (Å²) in [6.07, 6.45) is 2.43. The van der Waals surface area contributed by atoms with Crippen LogP contribution in [-0.2, 0) is 26.0 Å². The smallest absolute Gasteiger partial charge is 0.243 e. The molecule has 1 atom stereocenters. The minimum absolute atomic E-state index is 0.00844. The van der Waals surface area contributed by atoms with Gasteiger partial charge < -0.3 is 15.0 Å². The molecule has 0 unspecified atom stereocenters. The van der Waals surface area contributed by atoms with Crippen LogP contribution in [0.15, 0.2) is 41.3 Å². The summed E-state index contributed by atoms with van der Waals surface area (Å²) in [4.78, 5) is 27.0. The first-order valence-corrected chi connectivity index (χ1v) is 12.5. The van der Waals surface area contributed by atoms with Crippen molar-refractivity contribution in [1.29, 1.82) is 0 Å². The summed E-state index contributed by atoms with van der Waals surface area (Å²) < 4.78 is 32.3. The van der Waals surface area contributed by atoms with Crippen LogP contribution in [0.3, 0.4) is 0 Å². The molecule has 33 heavy (non-hydrogen) atoms. The van der Waals surface area contributed by atoms with Gasteiger partial charge in [0.15, 0.2) is 0 Å². The van der Waals surface area contributed by atoms with Gasteiger partial charge in [0.05, 0.1) is 23.6 Å². The summed E-state index contributed by atoms with van der Waals surface area (Å²) in [6.45, 7) is 1.60. The number of ether oxygens (including phenoxy) is 1. The predicted octanol–water partition coefficient (Wildman–Crippen LogP) is 3.30. The van der Waals surface area contributed by atoms with Crippen molar-refractivity contribution >= 4 is 44.8 Å². The van der Waals surface area contributed by atoms with Crippen molar-refractivity contribution in [2.24, 2.45) is 5.92 Å². The van der Waals surface area contributed by atoms with Gasteiger partial charge >= 0.3 is 0 Å². The molecule has 4 rings (SSSR count). The van der Waals surface area contributed by atoms with Gasteiger partial charge in [-0.05, 0) is 68.1 Å². The summed E-state index contributed by atoms with van der Waals surface area (Å²) >= 11 is 6.07. The molecule has 176 valence electrons. The van der Waals surface area contributed by atoms with Crippen LogP contribution in [0.25, 0.3) is 0 Å². The highest BCUT2D eigenvalue weighted by Gasteiger charge is 2.40. The molecule has 2 aliphatic rings. The number of methoxy groups -OCH3 is 1. The highest BCUT2D eigenvalue weighted by atomic mass is 35.5. The Morgan fingerprint density at radius 1 is 1.21 bits per heavy atom. The number of rotatable bonds is 7. The van der Waals surface area contributed by atoms with Crippen molar-refractivity contribution in [2.75, 3.05) is 30.9 Å². The van der Waals surface area contributed by atoms with Crippen molar-refractivity contribution in [1.82, 2.24) is 4.31 Å². The number of likely N-dealkylation sites (N-methyl/N-ethyl adjacent to an activating group) is 1. The van der Waals surface area contributed by atoms with Gasteiger partial charge in [0.2, 0.25) is 21.8 Å². The number of halogens is 1. The molecule has 10 heteroatoms. The van der Waals surface area contributed by atoms with E-state index < -0.39 is 15.9 Å². The summed E-state index contributed by atoms with van der Waals surface area (Å²) in [5.41, 5.74) is 2.03. The molecule has 0 aromatic heterocycles. The van der Waals surface area contributed by atoms with Crippen molar-refractivity contribution in [2.45, 2.75) is 37.1 Å². The molecule has 1 saturated carbocycles. The lowest BCUT2D eigenvalue weighted by Crippen LogP contribution is -2.36. The SMILES string of the molecule is COc1ccc(NC(=O)CN(C)S(=O)(=O)c2ccc3c(c2)C[C@H](C)N3C(=O)C2CC2)cc1Cl. The van der Waals surface area contributed by atoms with E-state index in [4.69, 9.17) is 16.3 Å². The second kappa shape index (κ2) is 8.96. The molecule has 0 saturated heterocycles. The number of hydrogen-bond donors (Lipinski definition) is 1. The second-order valence-corrected chi connectivity index (χ2v) is 10.9. The zero-order chi connectivity index (χ0) is 23.9. The molecule has 2 amide bonds. The third kappa shape index (κ3) is 4.71. The molecule has 1 aliphatic carbocycles. The minimum Gasteiger partial charge on any atom is -0.495 e. The normalized spacial score (nSPS) is 17.7. The maximum absolute atomic E-state index is 13.1. The van der Waals surface area contributed by atoms with Crippen molar-refractivity contribution in [3.05, 3.63) is 47.0 Å². The highest BCUT2D eigenvalue weighted by Crippen LogP contribution is 2.39. The fourth-order valence-corrected chi connectivity index (χ4v) is 5.48. The van der Waals surface area contributed by atoms with E-state index >= 15 is 0 Å². The summed E-state index contributed by atoms with van der Waals surface area (Å²) in [7, 11) is -1.06. The largest absolute Gasteiger partial charge is 0.495 e. The average molecular weight is 492 g/mol. The molecule has 1 N–H and O–H groups in total. The maximum atomic E-state index is 13.1. The molecule has 0 bridgehead atoms. The van der Waals surface area contributed by atoms with E-state index in [0.717, 1.165) is 28.4 Å². The van der Waals surface area contributed by atoms with Gasteiger partial charge in [-0.25, -0.2) is 8.42 Å². The first kappa shape index (κ1) is 23.5. The number of carbonyl (C=O) groups is 2. The van der Waals surface area contributed by atoms with Crippen LogP contribution in [0.1, 0.15) is 25.3 Å². The number of hydrogen-bond acceptors (Lipinski definition) is 5. The van der Waals surface area contributed by atoms with Crippen LogP contribution in [0.2, 0.25) is 5.02 Å². The van der Waals surface area contributed by atoms with Gasteiger partial charge in [-0.3, -0.25) is 9.59 Å². The van der Waals surface area contributed by atoms with Crippen LogP contribution in [0, 0.1) is 5.92 Å². The van der Waals surface area contributed by atoms with E-state index in [1.165, 1.54) is 26.3 Å². The average Bonchev–Trinajstić information content (AvgIpc) is 3.55. The number of sulfonamides is 1. The first-order chi connectivity index (χ1) is 15.6. The molecular weight excluding hydrogens is 466 g/mol. The van der Waals surface area contributed by atoms with Gasteiger partial charge in [0.25, 0.3) is 0 Å². The summed E-state index contributed by atoms with van der Waals surface area (Å²) in [5, 5.41) is 2.97. The number of benzene rings is 2. The Morgan fingerprint density at radius 3 is 2.58 bits per heavy atom. The fraction of sp³-hybridized carbons (Fsp3) is 0.391. The Balaban J connectivity index is 1.46. The standard InChI is InChI=1S/C23H26ClN3O5S/c1-14-10-16-11-18(7-8-20(16)27(14)23(29)15-4-5-15)33(30,31)26(2)13-22(28)25-17-6-9-21(32-3)19(24)12-17/h6-9,11-12,14-15H,4-5,10,13H2,1-3H3,(H,25,28)/t14-/m0/s1. The van der Waals surface area contributed by atoms with Gasteiger partial charge in [0, 0.05) is 30.4 Å². The lowest BCUT2D eigenvalue weighted by atomic mass is 10.1. The van der Waals surface area contributed by atoms with Crippen molar-refractivity contribution in [3.8, 4) is 5.75 Å². The van der Waals surface area contributed by atoms with E-state index in [9.17, 15) is 18.0 Å². The van der Waals surface area contributed by atoms with Crippen LogP contribution in [0.4, 0.5) is 11.4 Å². The number of nitrogens with zero attached hydrogens (tertiary/aromatic N) is 2. The van der Waals surface area contributed by atoms with Gasteiger partial charge in [-0.1, -0.05) is 11.6 Å². The molecule has 1 fully saturated rings. The molecule has 0 spiro atoms. The lowest BCUT2D eigenvalue weighted by Gasteiger charge is -2.23. The number of carbonyl (C=O) groups excluding carboxylic acids is 2. The van der Waals surface area contributed by atoms with Crippen molar-refractivity contribution in [3.63, 3.8) is 0 Å². The van der Waals surface area contributed by atoms with Gasteiger partial charge in [-0.2, -0.15) is 4.31 Å². The summed E-state index contributed by atoms with van der Waals surface area (Å²) in [6, 6.07) is 9.55. The molecule has 1 aliphatic heterocycles. The lowest BCUT2D eigenvalue weighted by molar-refractivity contribution is -0.120. The van der Waals surface area contributed by atoms with Crippen LogP contribution in [-0.4, -0.2) is 51.3 Å². The number of fused-ring (bicyclic) bond motifs is 1. The van der Waals surface area contributed by atoms with Crippen molar-refractivity contribution < 1.29 is 22.7 Å². The third-order valence-electron chi connectivity index (χ3n) is 5.94. The Kier molecular flexibility index (Phi) is 6.39. The number of anilines is 2. The monoisotopic (exact) mass is 491 g/mol. The van der Waals surface area contributed by atoms with Crippen LogP contribution < -0.4 is 15.0 Å². The molecule has 0 radical (unpaired) electrons. The molecule has 8 nitrogen and oxygen atoms in total. The summed E-state index contributed by atoms with van der Waals surface area (Å²) in [5.74, 6) is 0.173. The quantitative estimate of drug-likeness (QED) is 0.641. The van der Waals surface area contributed by atoms with E-state index in [-0.39, 0.29) is 29.3 Å². The van der Waals surface area contributed by atoms with E-state index in [1.807, 2.05) is 6.92 Å². The highest BCUT2D eigenvalue weighted by molar-refractivity contribution is 7.89. The first-order valence-electron chi connectivity index (χ1n) is 10.7. The topological polar surface area (TPSA) is 96.0 Å². The van der Waals surface area contributed by atoms with E-state index in [2.05, 4.69) is 5.32 Å². The fourth-order valence-electron chi connectivity index (χ4n) is 4.04. The minimum atomic E-state index is -3.90.